The number of fused-ring (bicyclic) bond motifs is 1. The van der Waals surface area contributed by atoms with E-state index in [0.29, 0.717) is 26.1 Å². The van der Waals surface area contributed by atoms with Gasteiger partial charge in [0, 0.05) is 19.0 Å². The molecule has 0 atom stereocenters. The first kappa shape index (κ1) is 22.4. The van der Waals surface area contributed by atoms with Crippen LogP contribution in [0.15, 0.2) is 78.9 Å². The maximum absolute atomic E-state index is 12.2. The van der Waals surface area contributed by atoms with Gasteiger partial charge in [-0.15, -0.1) is 0 Å². The number of benzene rings is 3. The molecular formula is C27H29N3O3. The first-order valence-electron chi connectivity index (χ1n) is 11.2. The molecule has 1 amide bonds. The fourth-order valence-electron chi connectivity index (χ4n) is 3.83. The molecule has 4 rings (SSSR count). The second-order valence-electron chi connectivity index (χ2n) is 7.81. The molecule has 3 aromatic carbocycles. The monoisotopic (exact) mass is 443 g/mol. The number of nitrogens with zero attached hydrogens (tertiary/aromatic N) is 2. The number of para-hydroxylation sites is 2. The molecule has 0 saturated carbocycles. The number of rotatable bonds is 11. The van der Waals surface area contributed by atoms with Gasteiger partial charge in [0.15, 0.2) is 0 Å². The van der Waals surface area contributed by atoms with E-state index in [4.69, 9.17) is 14.5 Å². The lowest BCUT2D eigenvalue weighted by Gasteiger charge is -2.12. The normalized spacial score (nSPS) is 10.8. The van der Waals surface area contributed by atoms with E-state index < -0.39 is 0 Å². The summed E-state index contributed by atoms with van der Waals surface area (Å²) in [6.07, 6.45) is 2.00. The highest BCUT2D eigenvalue weighted by molar-refractivity contribution is 5.78. The minimum Gasteiger partial charge on any atom is -0.497 e. The van der Waals surface area contributed by atoms with Crippen LogP contribution in [0.2, 0.25) is 0 Å². The first-order valence-corrected chi connectivity index (χ1v) is 11.2. The van der Waals surface area contributed by atoms with E-state index >= 15 is 0 Å². The number of carbonyl (C=O) groups is 1. The van der Waals surface area contributed by atoms with Crippen molar-refractivity contribution in [2.45, 2.75) is 25.8 Å². The van der Waals surface area contributed by atoms with Crippen LogP contribution in [-0.4, -0.2) is 35.7 Å². The van der Waals surface area contributed by atoms with Crippen LogP contribution in [0.5, 0.6) is 11.5 Å². The fourth-order valence-corrected chi connectivity index (χ4v) is 3.83. The third-order valence-electron chi connectivity index (χ3n) is 5.47. The SMILES string of the molecule is COc1cccc(OCCn2c(CCCNC(=O)Cc3ccccc3)nc3ccccc32)c1. The number of carbonyl (C=O) groups excluding carboxylic acids is 1. The molecule has 33 heavy (non-hydrogen) atoms. The minimum absolute atomic E-state index is 0.0430. The summed E-state index contributed by atoms with van der Waals surface area (Å²) < 4.78 is 13.4. The Labute approximate surface area is 194 Å². The molecule has 1 N–H and O–H groups in total. The smallest absolute Gasteiger partial charge is 0.224 e. The number of hydrogen-bond acceptors (Lipinski definition) is 4. The lowest BCUT2D eigenvalue weighted by atomic mass is 10.1. The van der Waals surface area contributed by atoms with E-state index in [-0.39, 0.29) is 5.91 Å². The molecule has 0 aliphatic heterocycles. The Kier molecular flexibility index (Phi) is 7.59. The lowest BCUT2D eigenvalue weighted by Crippen LogP contribution is -2.26. The van der Waals surface area contributed by atoms with Crippen molar-refractivity contribution in [2.75, 3.05) is 20.3 Å². The zero-order valence-corrected chi connectivity index (χ0v) is 18.9. The molecule has 0 bridgehead atoms. The Morgan fingerprint density at radius 2 is 1.76 bits per heavy atom. The van der Waals surface area contributed by atoms with Gasteiger partial charge in [0.2, 0.25) is 5.91 Å². The Morgan fingerprint density at radius 1 is 0.970 bits per heavy atom. The zero-order chi connectivity index (χ0) is 22.9. The number of ether oxygens (including phenoxy) is 2. The molecule has 4 aromatic rings. The average molecular weight is 444 g/mol. The van der Waals surface area contributed by atoms with Crippen LogP contribution >= 0.6 is 0 Å². The van der Waals surface area contributed by atoms with Gasteiger partial charge in [-0.2, -0.15) is 0 Å². The quantitative estimate of drug-likeness (QED) is 0.349. The Morgan fingerprint density at radius 3 is 2.61 bits per heavy atom. The van der Waals surface area contributed by atoms with E-state index in [1.54, 1.807) is 7.11 Å². The number of hydrogen-bond donors (Lipinski definition) is 1. The molecule has 0 radical (unpaired) electrons. The van der Waals surface area contributed by atoms with Crippen LogP contribution in [0, 0.1) is 0 Å². The Hall–Kier alpha value is -3.80. The van der Waals surface area contributed by atoms with E-state index in [9.17, 15) is 4.79 Å². The van der Waals surface area contributed by atoms with Gasteiger partial charge in [0.25, 0.3) is 0 Å². The second-order valence-corrected chi connectivity index (χ2v) is 7.81. The third kappa shape index (κ3) is 6.13. The van der Waals surface area contributed by atoms with Crippen LogP contribution in [0.25, 0.3) is 11.0 Å². The maximum Gasteiger partial charge on any atom is 0.224 e. The molecule has 1 heterocycles. The minimum atomic E-state index is 0.0430. The van der Waals surface area contributed by atoms with Crippen molar-refractivity contribution in [3.63, 3.8) is 0 Å². The predicted octanol–water partition coefficient (Wildman–Crippen LogP) is 4.42. The van der Waals surface area contributed by atoms with Gasteiger partial charge in [0.05, 0.1) is 31.1 Å². The summed E-state index contributed by atoms with van der Waals surface area (Å²) >= 11 is 0. The molecule has 0 aliphatic carbocycles. The number of amides is 1. The Balaban J connectivity index is 1.33. The van der Waals surface area contributed by atoms with Crippen molar-refractivity contribution in [1.82, 2.24) is 14.9 Å². The number of nitrogens with one attached hydrogen (secondary N) is 1. The molecule has 170 valence electrons. The molecule has 0 aliphatic rings. The number of aryl methyl sites for hydroxylation is 1. The molecule has 0 unspecified atom stereocenters. The topological polar surface area (TPSA) is 65.4 Å². The van der Waals surface area contributed by atoms with E-state index in [0.717, 1.165) is 46.8 Å². The van der Waals surface area contributed by atoms with Gasteiger partial charge in [-0.05, 0) is 36.2 Å². The average Bonchev–Trinajstić information content (AvgIpc) is 3.20. The van der Waals surface area contributed by atoms with E-state index in [1.807, 2.05) is 72.8 Å². The van der Waals surface area contributed by atoms with Crippen molar-refractivity contribution in [1.29, 1.82) is 0 Å². The van der Waals surface area contributed by atoms with Crippen molar-refractivity contribution in [2.24, 2.45) is 0 Å². The standard InChI is InChI=1S/C27H29N3O3/c1-32-22-11-7-12-23(20-22)33-18-17-30-25-14-6-5-13-24(25)29-26(30)15-8-16-28-27(31)19-21-9-3-2-4-10-21/h2-7,9-14,20H,8,15-19H2,1H3,(H,28,31). The van der Waals surface area contributed by atoms with Crippen LogP contribution in [-0.2, 0) is 24.2 Å². The van der Waals surface area contributed by atoms with Crippen molar-refractivity contribution in [3.05, 3.63) is 90.3 Å². The third-order valence-corrected chi connectivity index (χ3v) is 5.47. The van der Waals surface area contributed by atoms with Crippen molar-refractivity contribution < 1.29 is 14.3 Å². The van der Waals surface area contributed by atoms with E-state index in [2.05, 4.69) is 16.0 Å². The molecule has 0 fully saturated rings. The summed E-state index contributed by atoms with van der Waals surface area (Å²) in [4.78, 5) is 17.0. The lowest BCUT2D eigenvalue weighted by molar-refractivity contribution is -0.120. The second kappa shape index (κ2) is 11.2. The predicted molar refractivity (Wildman–Crippen MR) is 130 cm³/mol. The zero-order valence-electron chi connectivity index (χ0n) is 18.9. The van der Waals surface area contributed by atoms with Gasteiger partial charge in [-0.3, -0.25) is 4.79 Å². The van der Waals surface area contributed by atoms with Crippen LogP contribution in [0.4, 0.5) is 0 Å². The number of aromatic nitrogens is 2. The highest BCUT2D eigenvalue weighted by Crippen LogP contribution is 2.20. The van der Waals surface area contributed by atoms with Crippen LogP contribution < -0.4 is 14.8 Å². The number of imidazole rings is 1. The van der Waals surface area contributed by atoms with Gasteiger partial charge in [0.1, 0.15) is 23.9 Å². The van der Waals surface area contributed by atoms with Gasteiger partial charge in [-0.25, -0.2) is 4.98 Å². The number of methoxy groups -OCH3 is 1. The molecule has 0 spiro atoms. The molecule has 6 heteroatoms. The summed E-state index contributed by atoms with van der Waals surface area (Å²) in [7, 11) is 1.65. The first-order chi connectivity index (χ1) is 16.2. The summed E-state index contributed by atoms with van der Waals surface area (Å²) in [6.45, 7) is 1.83. The molecule has 1 aromatic heterocycles. The summed E-state index contributed by atoms with van der Waals surface area (Å²) in [6, 6.07) is 25.5. The fraction of sp³-hybridized carbons (Fsp3) is 0.259. The summed E-state index contributed by atoms with van der Waals surface area (Å²) in [5.41, 5.74) is 3.09. The largest absolute Gasteiger partial charge is 0.497 e. The Bertz CT molecular complexity index is 1190. The van der Waals surface area contributed by atoms with Crippen molar-refractivity contribution in [3.8, 4) is 11.5 Å². The summed E-state index contributed by atoms with van der Waals surface area (Å²) in [5, 5.41) is 3.02. The van der Waals surface area contributed by atoms with Crippen LogP contribution in [0.1, 0.15) is 17.8 Å². The van der Waals surface area contributed by atoms with Gasteiger partial charge < -0.3 is 19.4 Å². The van der Waals surface area contributed by atoms with Crippen LogP contribution in [0.3, 0.4) is 0 Å². The molecular weight excluding hydrogens is 414 g/mol. The van der Waals surface area contributed by atoms with Gasteiger partial charge in [-0.1, -0.05) is 48.5 Å². The highest BCUT2D eigenvalue weighted by atomic mass is 16.5. The highest BCUT2D eigenvalue weighted by Gasteiger charge is 2.11. The maximum atomic E-state index is 12.2. The van der Waals surface area contributed by atoms with Crippen molar-refractivity contribution >= 4 is 16.9 Å². The van der Waals surface area contributed by atoms with Gasteiger partial charge >= 0.3 is 0 Å². The molecule has 0 saturated heterocycles. The van der Waals surface area contributed by atoms with E-state index in [1.165, 1.54) is 0 Å². The summed E-state index contributed by atoms with van der Waals surface area (Å²) in [5.74, 6) is 2.60. The molecule has 6 nitrogen and oxygen atoms in total.